The number of rotatable bonds is 2. The molecule has 0 aromatic heterocycles. The highest BCUT2D eigenvalue weighted by molar-refractivity contribution is 5.89. The summed E-state index contributed by atoms with van der Waals surface area (Å²) in [6.07, 6.45) is -0.619. The third-order valence-corrected chi connectivity index (χ3v) is 2.83. The summed E-state index contributed by atoms with van der Waals surface area (Å²) >= 11 is 0. The average Bonchev–Trinajstić information content (AvgIpc) is 2.47. The Morgan fingerprint density at radius 2 is 2.20 bits per heavy atom. The van der Waals surface area contributed by atoms with Gasteiger partial charge in [0, 0.05) is 24.4 Å². The number of nitrogens with zero attached hydrogens (tertiary/aromatic N) is 3. The van der Waals surface area contributed by atoms with Gasteiger partial charge in [-0.3, -0.25) is 10.1 Å². The summed E-state index contributed by atoms with van der Waals surface area (Å²) in [5.74, 6) is 0. The Labute approximate surface area is 114 Å². The van der Waals surface area contributed by atoms with E-state index in [-0.39, 0.29) is 18.3 Å². The van der Waals surface area contributed by atoms with Crippen LogP contribution in [0.15, 0.2) is 24.3 Å². The van der Waals surface area contributed by atoms with E-state index in [0.29, 0.717) is 18.8 Å². The molecule has 0 saturated carbocycles. The van der Waals surface area contributed by atoms with Crippen LogP contribution in [-0.4, -0.2) is 41.7 Å². The standard InChI is InChI=1S/C12H12N4O4/c13-7-11-8-15(5-6-20-11)12(17)14-9-1-3-10(4-2-9)16(18)19/h1-4,11H,5-6,8H2,(H,14,17). The molecule has 1 aliphatic rings. The van der Waals surface area contributed by atoms with Crippen LogP contribution in [0, 0.1) is 21.4 Å². The highest BCUT2D eigenvalue weighted by Gasteiger charge is 2.23. The molecule has 1 heterocycles. The first-order valence-electron chi connectivity index (χ1n) is 5.92. The molecule has 1 N–H and O–H groups in total. The largest absolute Gasteiger partial charge is 0.360 e. The van der Waals surface area contributed by atoms with Crippen molar-refractivity contribution in [2.75, 3.05) is 25.0 Å². The number of nitro groups is 1. The summed E-state index contributed by atoms with van der Waals surface area (Å²) < 4.78 is 5.14. The Kier molecular flexibility index (Phi) is 4.12. The number of carbonyl (C=O) groups is 1. The van der Waals surface area contributed by atoms with E-state index in [4.69, 9.17) is 10.00 Å². The zero-order valence-electron chi connectivity index (χ0n) is 10.5. The highest BCUT2D eigenvalue weighted by Crippen LogP contribution is 2.16. The second-order valence-corrected chi connectivity index (χ2v) is 4.17. The van der Waals surface area contributed by atoms with Gasteiger partial charge in [0.2, 0.25) is 0 Å². The van der Waals surface area contributed by atoms with E-state index in [1.54, 1.807) is 0 Å². The van der Waals surface area contributed by atoms with Crippen LogP contribution in [-0.2, 0) is 4.74 Å². The number of morpholine rings is 1. The number of ether oxygens (including phenoxy) is 1. The monoisotopic (exact) mass is 276 g/mol. The molecule has 8 heteroatoms. The molecule has 2 amide bonds. The van der Waals surface area contributed by atoms with Gasteiger partial charge in [-0.2, -0.15) is 5.26 Å². The van der Waals surface area contributed by atoms with Crippen molar-refractivity contribution in [3.05, 3.63) is 34.4 Å². The molecule has 0 radical (unpaired) electrons. The zero-order valence-corrected chi connectivity index (χ0v) is 10.5. The number of amides is 2. The van der Waals surface area contributed by atoms with Crippen LogP contribution in [0.3, 0.4) is 0 Å². The van der Waals surface area contributed by atoms with Gasteiger partial charge in [-0.1, -0.05) is 0 Å². The Hall–Kier alpha value is -2.66. The van der Waals surface area contributed by atoms with Crippen molar-refractivity contribution in [1.29, 1.82) is 5.26 Å². The number of urea groups is 1. The van der Waals surface area contributed by atoms with Crippen molar-refractivity contribution in [3.63, 3.8) is 0 Å². The second kappa shape index (κ2) is 5.99. The summed E-state index contributed by atoms with van der Waals surface area (Å²) in [5.41, 5.74) is 0.416. The minimum Gasteiger partial charge on any atom is -0.360 e. The average molecular weight is 276 g/mol. The first kappa shape index (κ1) is 13.8. The molecule has 104 valence electrons. The van der Waals surface area contributed by atoms with E-state index in [2.05, 4.69) is 5.32 Å². The van der Waals surface area contributed by atoms with E-state index in [9.17, 15) is 14.9 Å². The molecule has 20 heavy (non-hydrogen) atoms. The maximum absolute atomic E-state index is 12.0. The maximum atomic E-state index is 12.0. The fraction of sp³-hybridized carbons (Fsp3) is 0.333. The predicted octanol–water partition coefficient (Wildman–Crippen LogP) is 1.35. The van der Waals surface area contributed by atoms with Gasteiger partial charge in [0.15, 0.2) is 6.10 Å². The molecule has 0 bridgehead atoms. The highest BCUT2D eigenvalue weighted by atomic mass is 16.6. The number of nitrogens with one attached hydrogen (secondary N) is 1. The van der Waals surface area contributed by atoms with Crippen LogP contribution >= 0.6 is 0 Å². The number of hydrogen-bond acceptors (Lipinski definition) is 5. The molecule has 8 nitrogen and oxygen atoms in total. The van der Waals surface area contributed by atoms with E-state index < -0.39 is 11.0 Å². The molecule has 0 spiro atoms. The van der Waals surface area contributed by atoms with Crippen molar-refractivity contribution in [2.45, 2.75) is 6.10 Å². The topological polar surface area (TPSA) is 109 Å². The third-order valence-electron chi connectivity index (χ3n) is 2.83. The summed E-state index contributed by atoms with van der Waals surface area (Å²) in [7, 11) is 0. The fourth-order valence-electron chi connectivity index (χ4n) is 1.78. The quantitative estimate of drug-likeness (QED) is 0.647. The lowest BCUT2D eigenvalue weighted by Gasteiger charge is -2.29. The van der Waals surface area contributed by atoms with E-state index >= 15 is 0 Å². The van der Waals surface area contributed by atoms with Crippen LogP contribution in [0.25, 0.3) is 0 Å². The Morgan fingerprint density at radius 1 is 1.50 bits per heavy atom. The van der Waals surface area contributed by atoms with E-state index in [1.165, 1.54) is 29.2 Å². The summed E-state index contributed by atoms with van der Waals surface area (Å²) in [6, 6.07) is 7.13. The van der Waals surface area contributed by atoms with Crippen LogP contribution in [0.4, 0.5) is 16.2 Å². The Morgan fingerprint density at radius 3 is 2.80 bits per heavy atom. The molecule has 2 rings (SSSR count). The molecule has 1 atom stereocenters. The number of nitriles is 1. The van der Waals surface area contributed by atoms with Gasteiger partial charge in [0.1, 0.15) is 0 Å². The summed E-state index contributed by atoms with van der Waals surface area (Å²) in [6.45, 7) is 0.915. The van der Waals surface area contributed by atoms with Gasteiger partial charge >= 0.3 is 6.03 Å². The van der Waals surface area contributed by atoms with Crippen molar-refractivity contribution in [3.8, 4) is 6.07 Å². The lowest BCUT2D eigenvalue weighted by Crippen LogP contribution is -2.46. The summed E-state index contributed by atoms with van der Waals surface area (Å²) in [5, 5.41) is 21.9. The van der Waals surface area contributed by atoms with Gasteiger partial charge in [-0.05, 0) is 12.1 Å². The molecule has 1 saturated heterocycles. The molecule has 1 aromatic rings. The molecular formula is C12H12N4O4. The second-order valence-electron chi connectivity index (χ2n) is 4.17. The van der Waals surface area contributed by atoms with Crippen LogP contribution in [0.2, 0.25) is 0 Å². The van der Waals surface area contributed by atoms with Crippen molar-refractivity contribution < 1.29 is 14.5 Å². The van der Waals surface area contributed by atoms with Gasteiger partial charge in [-0.15, -0.1) is 0 Å². The Bertz CT molecular complexity index is 552. The number of nitro benzene ring substituents is 1. The molecule has 1 unspecified atom stereocenters. The van der Waals surface area contributed by atoms with Crippen molar-refractivity contribution in [2.24, 2.45) is 0 Å². The molecule has 1 fully saturated rings. The van der Waals surface area contributed by atoms with Gasteiger partial charge < -0.3 is 15.0 Å². The number of benzene rings is 1. The van der Waals surface area contributed by atoms with Crippen LogP contribution in [0.1, 0.15) is 0 Å². The van der Waals surface area contributed by atoms with E-state index in [1.807, 2.05) is 6.07 Å². The van der Waals surface area contributed by atoms with Gasteiger partial charge in [0.05, 0.1) is 24.1 Å². The van der Waals surface area contributed by atoms with Crippen molar-refractivity contribution in [1.82, 2.24) is 4.90 Å². The first-order chi connectivity index (χ1) is 9.60. The SMILES string of the molecule is N#CC1CN(C(=O)Nc2ccc([N+](=O)[O-])cc2)CCO1. The molecule has 1 aliphatic heterocycles. The lowest BCUT2D eigenvalue weighted by atomic mass is 10.3. The molecule has 1 aromatic carbocycles. The maximum Gasteiger partial charge on any atom is 0.322 e. The predicted molar refractivity (Wildman–Crippen MR) is 69.0 cm³/mol. The third kappa shape index (κ3) is 3.21. The minimum absolute atomic E-state index is 0.0427. The zero-order chi connectivity index (χ0) is 14.5. The number of carbonyl (C=O) groups excluding carboxylic acids is 1. The summed E-state index contributed by atoms with van der Waals surface area (Å²) in [4.78, 5) is 23.4. The number of anilines is 1. The van der Waals surface area contributed by atoms with E-state index in [0.717, 1.165) is 0 Å². The van der Waals surface area contributed by atoms with Crippen molar-refractivity contribution >= 4 is 17.4 Å². The van der Waals surface area contributed by atoms with Gasteiger partial charge in [-0.25, -0.2) is 4.79 Å². The normalized spacial score (nSPS) is 18.1. The number of hydrogen-bond donors (Lipinski definition) is 1. The van der Waals surface area contributed by atoms with Gasteiger partial charge in [0.25, 0.3) is 5.69 Å². The minimum atomic E-state index is -0.619. The smallest absolute Gasteiger partial charge is 0.322 e. The first-order valence-corrected chi connectivity index (χ1v) is 5.92. The van der Waals surface area contributed by atoms with Crippen LogP contribution < -0.4 is 5.32 Å². The molecular weight excluding hydrogens is 264 g/mol. The Balaban J connectivity index is 1.97. The van der Waals surface area contributed by atoms with Crippen LogP contribution in [0.5, 0.6) is 0 Å². The fourth-order valence-corrected chi connectivity index (χ4v) is 1.78. The number of non-ortho nitro benzene ring substituents is 1. The molecule has 0 aliphatic carbocycles. The lowest BCUT2D eigenvalue weighted by molar-refractivity contribution is -0.384.